The van der Waals surface area contributed by atoms with E-state index in [1.165, 1.54) is 17.0 Å². The van der Waals surface area contributed by atoms with Gasteiger partial charge in [0.1, 0.15) is 12.1 Å². The second-order valence-electron chi connectivity index (χ2n) is 4.99. The van der Waals surface area contributed by atoms with Gasteiger partial charge in [0.05, 0.1) is 12.2 Å². The van der Waals surface area contributed by atoms with Crippen LogP contribution in [-0.4, -0.2) is 34.9 Å². The standard InChI is InChI=1S/C13H14F3NO3/c1-12(7-18)8-20-11(19)17(12)6-9-2-4-10(5-3-9)13(14,15)16/h2-5,18H,6-8H2,1H3. The van der Waals surface area contributed by atoms with E-state index in [0.29, 0.717) is 5.56 Å². The first-order valence-electron chi connectivity index (χ1n) is 5.98. The molecule has 0 bridgehead atoms. The minimum Gasteiger partial charge on any atom is -0.447 e. The molecule has 20 heavy (non-hydrogen) atoms. The summed E-state index contributed by atoms with van der Waals surface area (Å²) in [4.78, 5) is 12.9. The molecule has 1 heterocycles. The van der Waals surface area contributed by atoms with Crippen LogP contribution in [0.2, 0.25) is 0 Å². The minimum absolute atomic E-state index is 0.0585. The molecule has 0 aliphatic carbocycles. The van der Waals surface area contributed by atoms with Gasteiger partial charge in [-0.15, -0.1) is 0 Å². The lowest BCUT2D eigenvalue weighted by atomic mass is 10.0. The normalized spacial score (nSPS) is 23.1. The number of alkyl halides is 3. The van der Waals surface area contributed by atoms with Crippen molar-refractivity contribution in [3.8, 4) is 0 Å². The van der Waals surface area contributed by atoms with E-state index in [9.17, 15) is 23.1 Å². The lowest BCUT2D eigenvalue weighted by Gasteiger charge is -2.29. The molecule has 1 fully saturated rings. The van der Waals surface area contributed by atoms with E-state index in [0.717, 1.165) is 12.1 Å². The van der Waals surface area contributed by atoms with Crippen LogP contribution in [0.25, 0.3) is 0 Å². The Labute approximate surface area is 113 Å². The van der Waals surface area contributed by atoms with Gasteiger partial charge in [-0.3, -0.25) is 4.90 Å². The molecule has 2 rings (SSSR count). The van der Waals surface area contributed by atoms with Gasteiger partial charge >= 0.3 is 12.3 Å². The Bertz CT molecular complexity index is 501. The van der Waals surface area contributed by atoms with Gasteiger partial charge in [-0.05, 0) is 24.6 Å². The van der Waals surface area contributed by atoms with Gasteiger partial charge in [0.15, 0.2) is 0 Å². The Morgan fingerprint density at radius 2 is 1.95 bits per heavy atom. The average molecular weight is 289 g/mol. The topological polar surface area (TPSA) is 49.8 Å². The molecular formula is C13H14F3NO3. The van der Waals surface area contributed by atoms with Crippen LogP contribution in [-0.2, 0) is 17.5 Å². The van der Waals surface area contributed by atoms with E-state index in [2.05, 4.69) is 0 Å². The van der Waals surface area contributed by atoms with Crippen molar-refractivity contribution in [2.45, 2.75) is 25.2 Å². The van der Waals surface area contributed by atoms with Crippen LogP contribution in [0, 0.1) is 0 Å². The third-order valence-corrected chi connectivity index (χ3v) is 3.34. The number of hydrogen-bond donors (Lipinski definition) is 1. The molecule has 1 amide bonds. The van der Waals surface area contributed by atoms with Gasteiger partial charge in [-0.2, -0.15) is 13.2 Å². The van der Waals surface area contributed by atoms with Gasteiger partial charge in [0.25, 0.3) is 0 Å². The Morgan fingerprint density at radius 3 is 2.45 bits per heavy atom. The Balaban J connectivity index is 2.16. The third-order valence-electron chi connectivity index (χ3n) is 3.34. The van der Waals surface area contributed by atoms with Crippen LogP contribution < -0.4 is 0 Å². The molecule has 1 saturated heterocycles. The highest BCUT2D eigenvalue weighted by Gasteiger charge is 2.43. The molecule has 1 aliphatic rings. The molecule has 1 N–H and O–H groups in total. The van der Waals surface area contributed by atoms with Gasteiger partial charge in [-0.25, -0.2) is 4.79 Å². The molecule has 1 aromatic carbocycles. The second kappa shape index (κ2) is 4.97. The molecule has 7 heteroatoms. The number of amides is 1. The zero-order valence-corrected chi connectivity index (χ0v) is 10.8. The minimum atomic E-state index is -4.38. The predicted octanol–water partition coefficient (Wildman–Crippen LogP) is 2.41. The summed E-state index contributed by atoms with van der Waals surface area (Å²) in [6.07, 6.45) is -4.97. The SMILES string of the molecule is CC1(CO)COC(=O)N1Cc1ccc(C(F)(F)F)cc1. The fourth-order valence-corrected chi connectivity index (χ4v) is 1.96. The summed E-state index contributed by atoms with van der Waals surface area (Å²) in [5.41, 5.74) is -1.05. The smallest absolute Gasteiger partial charge is 0.416 e. The van der Waals surface area contributed by atoms with E-state index in [4.69, 9.17) is 4.74 Å². The van der Waals surface area contributed by atoms with Crippen LogP contribution in [0.5, 0.6) is 0 Å². The molecule has 0 saturated carbocycles. The first-order valence-corrected chi connectivity index (χ1v) is 5.98. The van der Waals surface area contributed by atoms with Crippen molar-refractivity contribution in [1.82, 2.24) is 4.90 Å². The third kappa shape index (κ3) is 2.72. The zero-order chi connectivity index (χ0) is 15.0. The van der Waals surface area contributed by atoms with Crippen LogP contribution in [0.4, 0.5) is 18.0 Å². The summed E-state index contributed by atoms with van der Waals surface area (Å²) >= 11 is 0. The van der Waals surface area contributed by atoms with Gasteiger partial charge in [-0.1, -0.05) is 12.1 Å². The Kier molecular flexibility index (Phi) is 3.64. The molecule has 1 unspecified atom stereocenters. The van der Waals surface area contributed by atoms with Crippen molar-refractivity contribution in [1.29, 1.82) is 0 Å². The van der Waals surface area contributed by atoms with Gasteiger partial charge in [0.2, 0.25) is 0 Å². The first kappa shape index (κ1) is 14.6. The summed E-state index contributed by atoms with van der Waals surface area (Å²) < 4.78 is 42.2. The quantitative estimate of drug-likeness (QED) is 0.929. The molecule has 1 aliphatic heterocycles. The average Bonchev–Trinajstić information content (AvgIpc) is 2.67. The summed E-state index contributed by atoms with van der Waals surface area (Å²) in [5.74, 6) is 0. The molecule has 4 nitrogen and oxygen atoms in total. The van der Waals surface area contributed by atoms with Crippen molar-refractivity contribution in [2.75, 3.05) is 13.2 Å². The molecule has 0 aromatic heterocycles. The summed E-state index contributed by atoms with van der Waals surface area (Å²) in [6.45, 7) is 1.53. The van der Waals surface area contributed by atoms with Gasteiger partial charge in [0, 0.05) is 6.54 Å². The summed E-state index contributed by atoms with van der Waals surface area (Å²) in [6, 6.07) is 4.55. The first-order chi connectivity index (χ1) is 9.26. The van der Waals surface area contributed by atoms with Crippen molar-refractivity contribution < 1.29 is 27.8 Å². The van der Waals surface area contributed by atoms with Crippen molar-refractivity contribution in [3.05, 3.63) is 35.4 Å². The highest BCUT2D eigenvalue weighted by atomic mass is 19.4. The number of aliphatic hydroxyl groups excluding tert-OH is 1. The number of hydrogen-bond acceptors (Lipinski definition) is 3. The van der Waals surface area contributed by atoms with Crippen LogP contribution in [0.15, 0.2) is 24.3 Å². The fraction of sp³-hybridized carbons (Fsp3) is 0.462. The number of rotatable bonds is 3. The van der Waals surface area contributed by atoms with E-state index in [1.807, 2.05) is 0 Å². The van der Waals surface area contributed by atoms with Crippen LogP contribution >= 0.6 is 0 Å². The number of aliphatic hydroxyl groups is 1. The van der Waals surface area contributed by atoms with Crippen molar-refractivity contribution >= 4 is 6.09 Å². The van der Waals surface area contributed by atoms with Gasteiger partial charge < -0.3 is 9.84 Å². The maximum absolute atomic E-state index is 12.4. The van der Waals surface area contributed by atoms with Crippen LogP contribution in [0.3, 0.4) is 0 Å². The molecule has 1 atom stereocenters. The number of benzene rings is 1. The van der Waals surface area contributed by atoms with E-state index >= 15 is 0 Å². The number of nitrogens with zero attached hydrogens (tertiary/aromatic N) is 1. The number of ether oxygens (including phenoxy) is 1. The highest BCUT2D eigenvalue weighted by molar-refractivity contribution is 5.71. The molecule has 0 radical (unpaired) electrons. The predicted molar refractivity (Wildman–Crippen MR) is 63.8 cm³/mol. The Hall–Kier alpha value is -1.76. The molecule has 1 aromatic rings. The lowest BCUT2D eigenvalue weighted by Crippen LogP contribution is -2.47. The largest absolute Gasteiger partial charge is 0.447 e. The summed E-state index contributed by atoms with van der Waals surface area (Å²) in [5, 5.41) is 9.32. The van der Waals surface area contributed by atoms with Crippen molar-refractivity contribution in [3.63, 3.8) is 0 Å². The van der Waals surface area contributed by atoms with Crippen molar-refractivity contribution in [2.24, 2.45) is 0 Å². The molecule has 110 valence electrons. The number of carbonyl (C=O) groups is 1. The van der Waals surface area contributed by atoms with E-state index < -0.39 is 23.4 Å². The number of cyclic esters (lactones) is 1. The Morgan fingerprint density at radius 1 is 1.35 bits per heavy atom. The number of halogens is 3. The zero-order valence-electron chi connectivity index (χ0n) is 10.8. The molecular weight excluding hydrogens is 275 g/mol. The van der Waals surface area contributed by atoms with E-state index in [1.54, 1.807) is 6.92 Å². The maximum atomic E-state index is 12.4. The lowest BCUT2D eigenvalue weighted by molar-refractivity contribution is -0.137. The van der Waals surface area contributed by atoms with E-state index in [-0.39, 0.29) is 19.8 Å². The highest BCUT2D eigenvalue weighted by Crippen LogP contribution is 2.30. The number of carbonyl (C=O) groups excluding carboxylic acids is 1. The van der Waals surface area contributed by atoms with Crippen LogP contribution in [0.1, 0.15) is 18.1 Å². The second-order valence-corrected chi connectivity index (χ2v) is 4.99. The molecule has 0 spiro atoms. The summed E-state index contributed by atoms with van der Waals surface area (Å²) in [7, 11) is 0. The monoisotopic (exact) mass is 289 g/mol. The fourth-order valence-electron chi connectivity index (χ4n) is 1.96. The maximum Gasteiger partial charge on any atom is 0.416 e.